The van der Waals surface area contributed by atoms with Crippen LogP contribution in [-0.4, -0.2) is 23.6 Å². The van der Waals surface area contributed by atoms with E-state index in [1.165, 1.54) is 24.3 Å². The highest BCUT2D eigenvalue weighted by molar-refractivity contribution is 5.90. The van der Waals surface area contributed by atoms with Crippen LogP contribution in [0, 0.1) is 10.1 Å². The molecule has 0 spiro atoms. The van der Waals surface area contributed by atoms with Crippen LogP contribution in [0.1, 0.15) is 42.3 Å². The lowest BCUT2D eigenvalue weighted by Crippen LogP contribution is -2.38. The zero-order valence-electron chi connectivity index (χ0n) is 17.8. The minimum Gasteiger partial charge on any atom is -0.453 e. The third kappa shape index (κ3) is 4.98. The first-order chi connectivity index (χ1) is 14.9. The minimum absolute atomic E-state index is 0.0805. The van der Waals surface area contributed by atoms with Gasteiger partial charge in [-0.15, -0.1) is 0 Å². The predicted octanol–water partition coefficient (Wildman–Crippen LogP) is 5.98. The molecule has 0 aliphatic carbocycles. The van der Waals surface area contributed by atoms with Crippen molar-refractivity contribution in [1.29, 1.82) is 0 Å². The molecule has 6 nitrogen and oxygen atoms in total. The highest BCUT2D eigenvalue weighted by Crippen LogP contribution is 2.36. The number of benzene rings is 3. The second-order valence-corrected chi connectivity index (χ2v) is 7.46. The Kier molecular flexibility index (Phi) is 6.82. The van der Waals surface area contributed by atoms with Crippen LogP contribution < -0.4 is 0 Å². The van der Waals surface area contributed by atoms with E-state index < -0.39 is 22.6 Å². The van der Waals surface area contributed by atoms with Gasteiger partial charge in [-0.25, -0.2) is 4.79 Å². The Labute approximate surface area is 181 Å². The molecule has 160 valence electrons. The Hall–Kier alpha value is -3.51. The predicted molar refractivity (Wildman–Crippen MR) is 119 cm³/mol. The topological polar surface area (TPSA) is 78.7 Å². The second-order valence-electron chi connectivity index (χ2n) is 7.46. The molecule has 0 saturated heterocycles. The maximum absolute atomic E-state index is 12.7. The summed E-state index contributed by atoms with van der Waals surface area (Å²) in [5.41, 5.74) is 2.33. The summed E-state index contributed by atoms with van der Waals surface area (Å²) >= 11 is 0. The van der Waals surface area contributed by atoms with Crippen LogP contribution in [0.5, 0.6) is 0 Å². The van der Waals surface area contributed by atoms with Gasteiger partial charge in [0.25, 0.3) is 5.69 Å². The van der Waals surface area contributed by atoms with Crippen LogP contribution in [0.25, 0.3) is 11.1 Å². The third-order valence-electron chi connectivity index (χ3n) is 5.45. The molecule has 0 amide bonds. The molecule has 3 rings (SSSR count). The highest BCUT2D eigenvalue weighted by Gasteiger charge is 2.38. The maximum Gasteiger partial charge on any atom is 0.338 e. The van der Waals surface area contributed by atoms with Crippen LogP contribution in [0.15, 0.2) is 78.9 Å². The zero-order valence-corrected chi connectivity index (χ0v) is 17.8. The van der Waals surface area contributed by atoms with Crippen molar-refractivity contribution < 1.29 is 19.2 Å². The number of hydrogen-bond acceptors (Lipinski definition) is 5. The molecule has 0 heterocycles. The minimum atomic E-state index is -0.929. The second kappa shape index (κ2) is 9.53. The summed E-state index contributed by atoms with van der Waals surface area (Å²) in [5, 5.41) is 10.8. The fourth-order valence-corrected chi connectivity index (χ4v) is 3.52. The monoisotopic (exact) mass is 419 g/mol. The number of rotatable bonds is 8. The molecule has 0 radical (unpaired) electrons. The molecule has 0 bridgehead atoms. The standard InChI is InChI=1S/C25H25NO5/c1-4-25(2,31-24(27)21-14-16-22(17-15-21)26(28)29)23(30-3)20-12-10-19(11-13-20)18-8-6-5-7-9-18/h5-17,23H,4H2,1-3H3. The Morgan fingerprint density at radius 2 is 1.55 bits per heavy atom. The van der Waals surface area contributed by atoms with Crippen LogP contribution in [0.3, 0.4) is 0 Å². The molecular formula is C25H25NO5. The lowest BCUT2D eigenvalue weighted by atomic mass is 9.89. The SMILES string of the molecule is CCC(C)(OC(=O)c1ccc([N+](=O)[O-])cc1)C(OC)c1ccc(-c2ccccc2)cc1. The van der Waals surface area contributed by atoms with Crippen LogP contribution >= 0.6 is 0 Å². The number of methoxy groups -OCH3 is 1. The van der Waals surface area contributed by atoms with E-state index in [4.69, 9.17) is 9.47 Å². The number of nitro groups is 1. The van der Waals surface area contributed by atoms with E-state index in [0.717, 1.165) is 16.7 Å². The quantitative estimate of drug-likeness (QED) is 0.255. The fourth-order valence-electron chi connectivity index (χ4n) is 3.52. The molecule has 0 aliphatic rings. The van der Waals surface area contributed by atoms with Crippen LogP contribution in [0.2, 0.25) is 0 Å². The van der Waals surface area contributed by atoms with Gasteiger partial charge >= 0.3 is 5.97 Å². The van der Waals surface area contributed by atoms with E-state index in [1.807, 2.05) is 68.4 Å². The summed E-state index contributed by atoms with van der Waals surface area (Å²) in [4.78, 5) is 23.1. The maximum atomic E-state index is 12.7. The van der Waals surface area contributed by atoms with Crippen molar-refractivity contribution in [3.05, 3.63) is 100 Å². The molecule has 0 aromatic heterocycles. The molecule has 3 aromatic carbocycles. The van der Waals surface area contributed by atoms with Crippen molar-refractivity contribution in [2.75, 3.05) is 7.11 Å². The van der Waals surface area contributed by atoms with Crippen molar-refractivity contribution in [2.24, 2.45) is 0 Å². The summed E-state index contributed by atoms with van der Waals surface area (Å²) in [6.45, 7) is 3.75. The average Bonchev–Trinajstić information content (AvgIpc) is 2.80. The van der Waals surface area contributed by atoms with Gasteiger partial charge in [-0.1, -0.05) is 61.5 Å². The van der Waals surface area contributed by atoms with Gasteiger partial charge in [-0.2, -0.15) is 0 Å². The van der Waals surface area contributed by atoms with Crippen LogP contribution in [0.4, 0.5) is 5.69 Å². The lowest BCUT2D eigenvalue weighted by Gasteiger charge is -2.36. The van der Waals surface area contributed by atoms with E-state index in [1.54, 1.807) is 7.11 Å². The number of non-ortho nitro benzene ring substituents is 1. The van der Waals surface area contributed by atoms with E-state index in [-0.39, 0.29) is 11.3 Å². The smallest absolute Gasteiger partial charge is 0.338 e. The van der Waals surface area contributed by atoms with E-state index in [0.29, 0.717) is 6.42 Å². The molecule has 31 heavy (non-hydrogen) atoms. The summed E-state index contributed by atoms with van der Waals surface area (Å²) in [7, 11) is 1.59. The molecule has 0 aliphatic heterocycles. The van der Waals surface area contributed by atoms with E-state index >= 15 is 0 Å². The Balaban J connectivity index is 1.82. The first-order valence-corrected chi connectivity index (χ1v) is 10.0. The number of hydrogen-bond donors (Lipinski definition) is 0. The largest absolute Gasteiger partial charge is 0.453 e. The third-order valence-corrected chi connectivity index (χ3v) is 5.45. The number of carbonyl (C=O) groups excluding carboxylic acids is 1. The first kappa shape index (κ1) is 22.2. The van der Waals surface area contributed by atoms with E-state index in [2.05, 4.69) is 0 Å². The lowest BCUT2D eigenvalue weighted by molar-refractivity contribution is -0.384. The van der Waals surface area contributed by atoms with Gasteiger partial charge in [0.1, 0.15) is 11.7 Å². The Morgan fingerprint density at radius 1 is 0.968 bits per heavy atom. The number of nitrogens with zero attached hydrogens (tertiary/aromatic N) is 1. The Morgan fingerprint density at radius 3 is 2.06 bits per heavy atom. The van der Waals surface area contributed by atoms with Gasteiger partial charge in [0.15, 0.2) is 0 Å². The van der Waals surface area contributed by atoms with Gasteiger partial charge in [0.2, 0.25) is 0 Å². The molecular weight excluding hydrogens is 394 g/mol. The summed E-state index contributed by atoms with van der Waals surface area (Å²) in [6.07, 6.45) is 0.0364. The molecule has 2 unspecified atom stereocenters. The van der Waals surface area contributed by atoms with Crippen molar-refractivity contribution in [2.45, 2.75) is 32.0 Å². The number of carbonyl (C=O) groups is 1. The fraction of sp³-hybridized carbons (Fsp3) is 0.240. The highest BCUT2D eigenvalue weighted by atomic mass is 16.6. The summed E-state index contributed by atoms with van der Waals surface area (Å²) in [5.74, 6) is -0.554. The van der Waals surface area contributed by atoms with Crippen molar-refractivity contribution in [3.63, 3.8) is 0 Å². The van der Waals surface area contributed by atoms with Gasteiger partial charge < -0.3 is 9.47 Å². The molecule has 2 atom stereocenters. The van der Waals surface area contributed by atoms with Crippen molar-refractivity contribution >= 4 is 11.7 Å². The van der Waals surface area contributed by atoms with Gasteiger partial charge in [0, 0.05) is 19.2 Å². The normalized spacial score (nSPS) is 13.8. The van der Waals surface area contributed by atoms with Gasteiger partial charge in [-0.3, -0.25) is 10.1 Å². The molecule has 3 aromatic rings. The number of ether oxygens (including phenoxy) is 2. The van der Waals surface area contributed by atoms with Gasteiger partial charge in [-0.05, 0) is 42.2 Å². The van der Waals surface area contributed by atoms with Gasteiger partial charge in [0.05, 0.1) is 10.5 Å². The van der Waals surface area contributed by atoms with Crippen molar-refractivity contribution in [1.82, 2.24) is 0 Å². The van der Waals surface area contributed by atoms with Crippen molar-refractivity contribution in [3.8, 4) is 11.1 Å². The number of nitro benzene ring substituents is 1. The summed E-state index contributed by atoms with van der Waals surface area (Å²) < 4.78 is 11.6. The number of esters is 1. The van der Waals surface area contributed by atoms with E-state index in [9.17, 15) is 14.9 Å². The van der Waals surface area contributed by atoms with Crippen LogP contribution in [-0.2, 0) is 9.47 Å². The Bertz CT molecular complexity index is 1030. The molecule has 0 saturated carbocycles. The molecule has 0 fully saturated rings. The first-order valence-electron chi connectivity index (χ1n) is 10.0. The zero-order chi connectivity index (χ0) is 22.4. The molecule has 6 heteroatoms. The summed E-state index contributed by atoms with van der Waals surface area (Å²) in [6, 6.07) is 23.4. The average molecular weight is 419 g/mol. The molecule has 0 N–H and O–H groups in total.